The van der Waals surface area contributed by atoms with Gasteiger partial charge in [-0.3, -0.25) is 4.98 Å². The van der Waals surface area contributed by atoms with Crippen molar-refractivity contribution >= 4 is 32.5 Å². The van der Waals surface area contributed by atoms with Gasteiger partial charge in [-0.2, -0.15) is 0 Å². The number of rotatable bonds is 4. The quantitative estimate of drug-likeness (QED) is 0.766. The van der Waals surface area contributed by atoms with E-state index in [0.717, 1.165) is 4.88 Å². The lowest BCUT2D eigenvalue weighted by Gasteiger charge is -2.05. The van der Waals surface area contributed by atoms with Crippen LogP contribution in [0.4, 0.5) is 0 Å². The van der Waals surface area contributed by atoms with E-state index in [4.69, 9.17) is 4.42 Å². The van der Waals surface area contributed by atoms with E-state index in [9.17, 15) is 13.2 Å². The Morgan fingerprint density at radius 1 is 1.30 bits per heavy atom. The lowest BCUT2D eigenvalue weighted by atomic mass is 10.3. The third kappa shape index (κ3) is 2.53. The number of H-pyrrole nitrogens is 1. The van der Waals surface area contributed by atoms with Gasteiger partial charge in [0.05, 0.1) is 10.4 Å². The molecule has 3 rings (SSSR count). The monoisotopic (exact) mass is 310 g/mol. The van der Waals surface area contributed by atoms with E-state index in [2.05, 4.69) is 9.71 Å². The Bertz CT molecular complexity index is 891. The van der Waals surface area contributed by atoms with Crippen LogP contribution in [-0.4, -0.2) is 13.4 Å². The third-order valence-corrected chi connectivity index (χ3v) is 4.99. The van der Waals surface area contributed by atoms with Crippen LogP contribution in [0.15, 0.2) is 49.8 Å². The first kappa shape index (κ1) is 13.1. The molecule has 8 heteroatoms. The molecule has 0 aliphatic rings. The molecule has 0 spiro atoms. The summed E-state index contributed by atoms with van der Waals surface area (Å²) < 4.78 is 31.6. The average Bonchev–Trinajstić information content (AvgIpc) is 3.03. The Kier molecular flexibility index (Phi) is 3.20. The van der Waals surface area contributed by atoms with Crippen molar-refractivity contribution in [1.29, 1.82) is 0 Å². The molecule has 0 bridgehead atoms. The van der Waals surface area contributed by atoms with Crippen molar-refractivity contribution in [3.05, 3.63) is 51.1 Å². The van der Waals surface area contributed by atoms with Crippen LogP contribution in [-0.2, 0) is 16.6 Å². The molecule has 0 aliphatic carbocycles. The second-order valence-electron chi connectivity index (χ2n) is 4.08. The zero-order chi connectivity index (χ0) is 14.2. The maximum Gasteiger partial charge on any atom is 0.417 e. The number of aromatic nitrogens is 1. The van der Waals surface area contributed by atoms with Crippen molar-refractivity contribution in [2.45, 2.75) is 11.4 Å². The van der Waals surface area contributed by atoms with E-state index in [1.807, 2.05) is 17.5 Å². The highest BCUT2D eigenvalue weighted by Gasteiger charge is 2.15. The highest BCUT2D eigenvalue weighted by atomic mass is 32.2. The zero-order valence-corrected chi connectivity index (χ0v) is 11.8. The number of hydrogen-bond donors (Lipinski definition) is 2. The number of benzene rings is 1. The van der Waals surface area contributed by atoms with Gasteiger partial charge >= 0.3 is 5.76 Å². The van der Waals surface area contributed by atoms with E-state index in [1.165, 1.54) is 29.5 Å². The molecule has 0 fully saturated rings. The van der Waals surface area contributed by atoms with Gasteiger partial charge in [0, 0.05) is 11.4 Å². The largest absolute Gasteiger partial charge is 0.417 e. The van der Waals surface area contributed by atoms with Crippen molar-refractivity contribution < 1.29 is 12.8 Å². The van der Waals surface area contributed by atoms with Gasteiger partial charge in [0.1, 0.15) is 0 Å². The first-order valence-electron chi connectivity index (χ1n) is 5.69. The fourth-order valence-electron chi connectivity index (χ4n) is 1.76. The number of hydrogen-bond acceptors (Lipinski definition) is 5. The molecular weight excluding hydrogens is 300 g/mol. The predicted octanol–water partition coefficient (Wildman–Crippen LogP) is 1.66. The molecule has 0 aliphatic heterocycles. The summed E-state index contributed by atoms with van der Waals surface area (Å²) in [4.78, 5) is 14.5. The second kappa shape index (κ2) is 4.89. The molecule has 0 radical (unpaired) electrons. The maximum atomic E-state index is 12.1. The number of thiophene rings is 1. The predicted molar refractivity (Wildman–Crippen MR) is 75.2 cm³/mol. The Labute approximate surface area is 118 Å². The van der Waals surface area contributed by atoms with Gasteiger partial charge in [-0.25, -0.2) is 17.9 Å². The van der Waals surface area contributed by atoms with E-state index < -0.39 is 15.8 Å². The average molecular weight is 310 g/mol. The van der Waals surface area contributed by atoms with Crippen LogP contribution < -0.4 is 10.5 Å². The minimum absolute atomic E-state index is 0.0820. The lowest BCUT2D eigenvalue weighted by Crippen LogP contribution is -2.22. The minimum atomic E-state index is -3.63. The van der Waals surface area contributed by atoms with Gasteiger partial charge in [-0.15, -0.1) is 11.3 Å². The number of oxazole rings is 1. The van der Waals surface area contributed by atoms with Gasteiger partial charge < -0.3 is 4.42 Å². The normalized spacial score (nSPS) is 12.0. The van der Waals surface area contributed by atoms with Crippen LogP contribution in [0.1, 0.15) is 4.88 Å². The van der Waals surface area contributed by atoms with Gasteiger partial charge in [0.25, 0.3) is 0 Å². The van der Waals surface area contributed by atoms with Gasteiger partial charge in [0.15, 0.2) is 5.58 Å². The summed E-state index contributed by atoms with van der Waals surface area (Å²) in [6.45, 7) is 0.236. The topological polar surface area (TPSA) is 92.2 Å². The summed E-state index contributed by atoms with van der Waals surface area (Å²) in [5.74, 6) is -0.610. The smallest absolute Gasteiger partial charge is 0.408 e. The first-order valence-corrected chi connectivity index (χ1v) is 8.06. The van der Waals surface area contributed by atoms with Gasteiger partial charge in [-0.05, 0) is 29.6 Å². The second-order valence-corrected chi connectivity index (χ2v) is 6.88. The molecule has 0 unspecified atom stereocenters. The molecule has 6 nitrogen and oxygen atoms in total. The van der Waals surface area contributed by atoms with Gasteiger partial charge in [-0.1, -0.05) is 6.07 Å². The van der Waals surface area contributed by atoms with Crippen LogP contribution in [0, 0.1) is 0 Å². The van der Waals surface area contributed by atoms with Crippen LogP contribution in [0.25, 0.3) is 11.1 Å². The number of aromatic amines is 1. The number of fused-ring (bicyclic) bond motifs is 1. The van der Waals surface area contributed by atoms with Crippen LogP contribution in [0.3, 0.4) is 0 Å². The van der Waals surface area contributed by atoms with Crippen molar-refractivity contribution in [3.63, 3.8) is 0 Å². The van der Waals surface area contributed by atoms with E-state index in [1.54, 1.807) is 0 Å². The molecule has 2 N–H and O–H groups in total. The first-order chi connectivity index (χ1) is 9.54. The molecule has 3 aromatic rings. The fourth-order valence-corrected chi connectivity index (χ4v) is 3.53. The molecule has 104 valence electrons. The standard InChI is InChI=1S/C12H10N2O4S2/c15-12-14-10-6-9(3-4-11(10)18-12)20(16,17)13-7-8-2-1-5-19-8/h1-6,13H,7H2,(H,14,15). The molecule has 0 saturated carbocycles. The summed E-state index contributed by atoms with van der Waals surface area (Å²) in [6.07, 6.45) is 0. The summed E-state index contributed by atoms with van der Waals surface area (Å²) in [5.41, 5.74) is 0.682. The molecule has 0 atom stereocenters. The highest BCUT2D eigenvalue weighted by molar-refractivity contribution is 7.89. The zero-order valence-electron chi connectivity index (χ0n) is 10.1. The number of nitrogens with one attached hydrogen (secondary N) is 2. The summed E-state index contributed by atoms with van der Waals surface area (Å²) in [6, 6.07) is 7.93. The van der Waals surface area contributed by atoms with Crippen LogP contribution in [0.2, 0.25) is 0 Å². The summed E-state index contributed by atoms with van der Waals surface area (Å²) >= 11 is 1.48. The minimum Gasteiger partial charge on any atom is -0.408 e. The van der Waals surface area contributed by atoms with Crippen LogP contribution >= 0.6 is 11.3 Å². The fraction of sp³-hybridized carbons (Fsp3) is 0.0833. The Morgan fingerprint density at radius 3 is 2.90 bits per heavy atom. The number of sulfonamides is 1. The van der Waals surface area contributed by atoms with E-state index in [0.29, 0.717) is 11.1 Å². The molecule has 1 aromatic carbocycles. The maximum absolute atomic E-state index is 12.1. The van der Waals surface area contributed by atoms with Crippen molar-refractivity contribution in [1.82, 2.24) is 9.71 Å². The highest BCUT2D eigenvalue weighted by Crippen LogP contribution is 2.17. The summed E-state index contributed by atoms with van der Waals surface area (Å²) in [5, 5.41) is 1.88. The van der Waals surface area contributed by atoms with E-state index in [-0.39, 0.29) is 11.4 Å². The molecule has 0 amide bonds. The Morgan fingerprint density at radius 2 is 2.15 bits per heavy atom. The molecule has 20 heavy (non-hydrogen) atoms. The van der Waals surface area contributed by atoms with Crippen LogP contribution in [0.5, 0.6) is 0 Å². The van der Waals surface area contributed by atoms with Crippen molar-refractivity contribution in [2.24, 2.45) is 0 Å². The summed E-state index contributed by atoms with van der Waals surface area (Å²) in [7, 11) is -3.63. The molecule has 2 aromatic heterocycles. The Hall–Kier alpha value is -1.90. The molecular formula is C12H10N2O4S2. The van der Waals surface area contributed by atoms with E-state index >= 15 is 0 Å². The van der Waals surface area contributed by atoms with Crippen molar-refractivity contribution in [2.75, 3.05) is 0 Å². The molecule has 2 heterocycles. The van der Waals surface area contributed by atoms with Gasteiger partial charge in [0.2, 0.25) is 10.0 Å². The third-order valence-electron chi connectivity index (χ3n) is 2.72. The SMILES string of the molecule is O=c1[nH]c2cc(S(=O)(=O)NCc3cccs3)ccc2o1. The lowest BCUT2D eigenvalue weighted by molar-refractivity contribution is 0.555. The Balaban J connectivity index is 1.90. The molecule has 0 saturated heterocycles. The van der Waals surface area contributed by atoms with Crippen molar-refractivity contribution in [3.8, 4) is 0 Å².